The predicted molar refractivity (Wildman–Crippen MR) is 106 cm³/mol. The number of anilines is 1. The van der Waals surface area contributed by atoms with Crippen LogP contribution in [0.1, 0.15) is 29.7 Å². The molecule has 6 nitrogen and oxygen atoms in total. The molecule has 0 radical (unpaired) electrons. The number of carbonyl (C=O) groups excluding carboxylic acids is 1. The van der Waals surface area contributed by atoms with Crippen LogP contribution >= 0.6 is 0 Å². The monoisotopic (exact) mass is 388 g/mol. The van der Waals surface area contributed by atoms with Crippen molar-refractivity contribution in [3.8, 4) is 5.75 Å². The Kier molecular flexibility index (Phi) is 5.15. The molecule has 0 spiro atoms. The molecule has 1 amide bonds. The number of fused-ring (bicyclic) bond motifs is 1. The average Bonchev–Trinajstić information content (AvgIpc) is 2.61. The van der Waals surface area contributed by atoms with Crippen LogP contribution in [0.3, 0.4) is 0 Å². The van der Waals surface area contributed by atoms with Gasteiger partial charge in [-0.15, -0.1) is 0 Å². The topological polar surface area (TPSA) is 75.7 Å². The molecule has 7 heteroatoms. The maximum Gasteiger partial charge on any atom is 0.263 e. The second-order valence-corrected chi connectivity index (χ2v) is 8.87. The van der Waals surface area contributed by atoms with E-state index in [4.69, 9.17) is 4.74 Å². The van der Waals surface area contributed by atoms with E-state index < -0.39 is 16.1 Å². The highest BCUT2D eigenvalue weighted by Gasteiger charge is 2.35. The van der Waals surface area contributed by atoms with Crippen molar-refractivity contribution < 1.29 is 17.9 Å². The molecule has 2 atom stereocenters. The highest BCUT2D eigenvalue weighted by molar-refractivity contribution is 7.92. The van der Waals surface area contributed by atoms with Crippen molar-refractivity contribution in [3.05, 3.63) is 59.2 Å². The molecule has 144 valence electrons. The summed E-state index contributed by atoms with van der Waals surface area (Å²) in [6.07, 6.45) is 0.213. The van der Waals surface area contributed by atoms with Crippen LogP contribution in [0.5, 0.6) is 5.75 Å². The summed E-state index contributed by atoms with van der Waals surface area (Å²) in [6.45, 7) is 5.85. The summed E-state index contributed by atoms with van der Waals surface area (Å²) in [7, 11) is -3.53. The van der Waals surface area contributed by atoms with Crippen molar-refractivity contribution in [3.63, 3.8) is 0 Å². The van der Waals surface area contributed by atoms with E-state index in [1.165, 1.54) is 4.31 Å². The Morgan fingerprint density at radius 2 is 1.93 bits per heavy atom. The molecule has 0 saturated carbocycles. The molecular weight excluding hydrogens is 364 g/mol. The Labute approximate surface area is 160 Å². The highest BCUT2D eigenvalue weighted by Crippen LogP contribution is 2.34. The van der Waals surface area contributed by atoms with Gasteiger partial charge in [-0.1, -0.05) is 35.9 Å². The molecule has 2 unspecified atom stereocenters. The molecule has 1 aliphatic rings. The van der Waals surface area contributed by atoms with Gasteiger partial charge in [-0.05, 0) is 44.0 Å². The van der Waals surface area contributed by atoms with Crippen LogP contribution in [0.15, 0.2) is 42.5 Å². The van der Waals surface area contributed by atoms with E-state index in [1.54, 1.807) is 24.3 Å². The van der Waals surface area contributed by atoms with Crippen LogP contribution in [0.25, 0.3) is 0 Å². The zero-order chi connectivity index (χ0) is 19.8. The lowest BCUT2D eigenvalue weighted by atomic mass is 10.00. The summed E-state index contributed by atoms with van der Waals surface area (Å²) in [5.41, 5.74) is 3.68. The first-order valence-corrected chi connectivity index (χ1v) is 10.6. The fourth-order valence-electron chi connectivity index (χ4n) is 3.26. The van der Waals surface area contributed by atoms with E-state index in [0.29, 0.717) is 11.4 Å². The minimum Gasteiger partial charge on any atom is -0.476 e. The number of sulfonamides is 1. The largest absolute Gasteiger partial charge is 0.476 e. The Morgan fingerprint density at radius 1 is 1.22 bits per heavy atom. The number of nitrogens with zero attached hydrogens (tertiary/aromatic N) is 1. The van der Waals surface area contributed by atoms with Crippen LogP contribution in [0, 0.1) is 13.8 Å². The normalized spacial score (nSPS) is 17.6. The van der Waals surface area contributed by atoms with Gasteiger partial charge in [0.1, 0.15) is 5.75 Å². The quantitative estimate of drug-likeness (QED) is 0.874. The number of nitrogens with one attached hydrogen (secondary N) is 1. The summed E-state index contributed by atoms with van der Waals surface area (Å²) in [6, 6.07) is 12.7. The molecule has 1 N–H and O–H groups in total. The van der Waals surface area contributed by atoms with E-state index in [1.807, 2.05) is 39.0 Å². The molecule has 0 bridgehead atoms. The van der Waals surface area contributed by atoms with Crippen molar-refractivity contribution in [1.29, 1.82) is 0 Å². The molecule has 0 aromatic heterocycles. The zero-order valence-corrected chi connectivity index (χ0v) is 16.7. The molecule has 3 rings (SSSR count). The average molecular weight is 388 g/mol. The standard InChI is InChI=1S/C20H24N2O4S/c1-13-9-10-14(2)16(11-13)15(3)21-20(23)19-12-22(27(4,24)25)17-7-5-6-8-18(17)26-19/h5-11,15,19H,12H2,1-4H3,(H,21,23). The summed E-state index contributed by atoms with van der Waals surface area (Å²) in [5.74, 6) is 0.0419. The number of hydrogen-bond acceptors (Lipinski definition) is 4. The molecule has 0 saturated heterocycles. The van der Waals surface area contributed by atoms with Gasteiger partial charge in [-0.2, -0.15) is 0 Å². The van der Waals surface area contributed by atoms with Crippen LogP contribution in [0.2, 0.25) is 0 Å². The number of rotatable bonds is 4. The van der Waals surface area contributed by atoms with Gasteiger partial charge in [-0.3, -0.25) is 9.10 Å². The first kappa shape index (κ1) is 19.2. The third kappa shape index (κ3) is 4.08. The highest BCUT2D eigenvalue weighted by atomic mass is 32.2. The van der Waals surface area contributed by atoms with Gasteiger partial charge in [0.15, 0.2) is 6.10 Å². The second kappa shape index (κ2) is 7.23. The maximum absolute atomic E-state index is 12.8. The Bertz CT molecular complexity index is 972. The number of ether oxygens (including phenoxy) is 1. The van der Waals surface area contributed by atoms with Gasteiger partial charge in [0.2, 0.25) is 10.0 Å². The number of para-hydroxylation sites is 2. The fraction of sp³-hybridized carbons (Fsp3) is 0.350. The Balaban J connectivity index is 1.82. The van der Waals surface area contributed by atoms with Crippen molar-refractivity contribution in [2.24, 2.45) is 0 Å². The molecule has 2 aromatic carbocycles. The van der Waals surface area contributed by atoms with Gasteiger partial charge in [-0.25, -0.2) is 8.42 Å². The molecule has 27 heavy (non-hydrogen) atoms. The van der Waals surface area contributed by atoms with E-state index in [9.17, 15) is 13.2 Å². The van der Waals surface area contributed by atoms with Crippen LogP contribution < -0.4 is 14.4 Å². The van der Waals surface area contributed by atoms with Crippen LogP contribution in [0.4, 0.5) is 5.69 Å². The number of hydrogen-bond donors (Lipinski definition) is 1. The first-order valence-electron chi connectivity index (χ1n) is 8.77. The van der Waals surface area contributed by atoms with Crippen molar-refractivity contribution in [2.75, 3.05) is 17.1 Å². The summed E-state index contributed by atoms with van der Waals surface area (Å²) in [5, 5.41) is 2.95. The molecule has 1 heterocycles. The predicted octanol–water partition coefficient (Wildman–Crippen LogP) is 2.71. The number of amides is 1. The third-order valence-electron chi connectivity index (χ3n) is 4.69. The van der Waals surface area contributed by atoms with Gasteiger partial charge >= 0.3 is 0 Å². The smallest absolute Gasteiger partial charge is 0.263 e. The second-order valence-electron chi connectivity index (χ2n) is 6.96. The molecular formula is C20H24N2O4S. The lowest BCUT2D eigenvalue weighted by Gasteiger charge is -2.34. The first-order chi connectivity index (χ1) is 12.7. The van der Waals surface area contributed by atoms with E-state index in [-0.39, 0.29) is 18.5 Å². The minimum atomic E-state index is -3.53. The van der Waals surface area contributed by atoms with Gasteiger partial charge in [0, 0.05) is 0 Å². The third-order valence-corrected chi connectivity index (χ3v) is 5.83. The van der Waals surface area contributed by atoms with Gasteiger partial charge < -0.3 is 10.1 Å². The van der Waals surface area contributed by atoms with Crippen molar-refractivity contribution in [1.82, 2.24) is 5.32 Å². The van der Waals surface area contributed by atoms with E-state index in [2.05, 4.69) is 5.32 Å². The van der Waals surface area contributed by atoms with Gasteiger partial charge in [0.05, 0.1) is 24.5 Å². The fourth-order valence-corrected chi connectivity index (χ4v) is 4.18. The Morgan fingerprint density at radius 3 is 2.63 bits per heavy atom. The molecule has 0 fully saturated rings. The SMILES string of the molecule is Cc1ccc(C)c(C(C)NC(=O)C2CN(S(C)(=O)=O)c3ccccc3O2)c1. The van der Waals surface area contributed by atoms with Gasteiger partial charge in [0.25, 0.3) is 5.91 Å². The van der Waals surface area contributed by atoms with Crippen molar-refractivity contribution in [2.45, 2.75) is 32.9 Å². The Hall–Kier alpha value is -2.54. The van der Waals surface area contributed by atoms with Crippen LogP contribution in [-0.2, 0) is 14.8 Å². The maximum atomic E-state index is 12.8. The zero-order valence-electron chi connectivity index (χ0n) is 15.9. The van der Waals surface area contributed by atoms with E-state index >= 15 is 0 Å². The summed E-state index contributed by atoms with van der Waals surface area (Å²) < 4.78 is 31.4. The van der Waals surface area contributed by atoms with Crippen molar-refractivity contribution >= 4 is 21.6 Å². The minimum absolute atomic E-state index is 0.0544. The molecule has 1 aliphatic heterocycles. The lowest BCUT2D eigenvalue weighted by molar-refractivity contribution is -0.128. The number of aryl methyl sites for hydroxylation is 2. The molecule has 0 aliphatic carbocycles. The lowest BCUT2D eigenvalue weighted by Crippen LogP contribution is -2.50. The van der Waals surface area contributed by atoms with E-state index in [0.717, 1.165) is 22.9 Å². The number of carbonyl (C=O) groups is 1. The number of benzene rings is 2. The molecule has 2 aromatic rings. The summed E-state index contributed by atoms with van der Waals surface area (Å²) in [4.78, 5) is 12.8. The summed E-state index contributed by atoms with van der Waals surface area (Å²) >= 11 is 0. The van der Waals surface area contributed by atoms with Crippen LogP contribution in [-0.4, -0.2) is 33.2 Å².